The summed E-state index contributed by atoms with van der Waals surface area (Å²) in [5.74, 6) is 0. The van der Waals surface area contributed by atoms with Crippen molar-refractivity contribution in [3.05, 3.63) is 0 Å². The zero-order valence-corrected chi connectivity index (χ0v) is 6.07. The molecule has 1 heterocycles. The molecule has 0 aromatic heterocycles. The maximum Gasteiger partial charge on any atom is 0.329 e. The summed E-state index contributed by atoms with van der Waals surface area (Å²) in [6.45, 7) is 0. The third-order valence-corrected chi connectivity index (χ3v) is 1.98. The van der Waals surface area contributed by atoms with Gasteiger partial charge in [0, 0.05) is 12.6 Å². The second-order valence-corrected chi connectivity index (χ2v) is 3.79. The maximum absolute atomic E-state index is 10.3. The Morgan fingerprint density at radius 1 is 1.80 bits per heavy atom. The quantitative estimate of drug-likeness (QED) is 0.561. The molecule has 0 bridgehead atoms. The molecule has 6 heteroatoms. The average Bonchev–Trinajstić information content (AvgIpc) is 2.12. The van der Waals surface area contributed by atoms with E-state index < -0.39 is 13.7 Å². The van der Waals surface area contributed by atoms with Crippen LogP contribution < -0.4 is 0 Å². The van der Waals surface area contributed by atoms with Crippen LogP contribution in [-0.4, -0.2) is 28.3 Å². The van der Waals surface area contributed by atoms with Crippen LogP contribution in [0, 0.1) is 0 Å². The van der Waals surface area contributed by atoms with Gasteiger partial charge in [0.1, 0.15) is 6.10 Å². The summed E-state index contributed by atoms with van der Waals surface area (Å²) in [4.78, 5) is 21.5. The van der Waals surface area contributed by atoms with Gasteiger partial charge in [-0.25, -0.2) is 0 Å². The van der Waals surface area contributed by atoms with Crippen molar-refractivity contribution in [2.75, 3.05) is 6.16 Å². The van der Waals surface area contributed by atoms with Crippen LogP contribution in [0.1, 0.15) is 6.42 Å². The fourth-order valence-electron chi connectivity index (χ4n) is 0.706. The third kappa shape index (κ3) is 2.47. The first-order valence-electron chi connectivity index (χ1n) is 2.80. The predicted molar refractivity (Wildman–Crippen MR) is 34.9 cm³/mol. The van der Waals surface area contributed by atoms with Gasteiger partial charge < -0.3 is 14.6 Å². The zero-order valence-electron chi connectivity index (χ0n) is 5.17. The van der Waals surface area contributed by atoms with Crippen LogP contribution in [0.2, 0.25) is 0 Å². The number of hydrogen-bond donors (Lipinski definition) is 2. The van der Waals surface area contributed by atoms with Crippen LogP contribution in [0.4, 0.5) is 0 Å². The fraction of sp³-hybridized carbons (Fsp3) is 0.750. The monoisotopic (exact) mass is 165 g/mol. The molecule has 2 N–H and O–H groups in total. The molecule has 0 aromatic rings. The van der Waals surface area contributed by atoms with Crippen molar-refractivity contribution in [1.29, 1.82) is 0 Å². The summed E-state index contributed by atoms with van der Waals surface area (Å²) in [6.07, 6.45) is 1.32. The van der Waals surface area contributed by atoms with Gasteiger partial charge in [0.2, 0.25) is 0 Å². The van der Waals surface area contributed by atoms with Crippen molar-refractivity contribution in [1.82, 2.24) is 0 Å². The van der Waals surface area contributed by atoms with Crippen molar-refractivity contribution in [3.63, 3.8) is 0 Å². The molecular weight excluding hydrogens is 157 g/mol. The van der Waals surface area contributed by atoms with Gasteiger partial charge in [0.05, 0.1) is 6.16 Å². The average molecular weight is 165 g/mol. The molecule has 1 unspecified atom stereocenters. The third-order valence-electron chi connectivity index (χ3n) is 1.09. The van der Waals surface area contributed by atoms with Gasteiger partial charge in [-0.05, 0) is 0 Å². The Bertz CT molecular complexity index is 178. The van der Waals surface area contributed by atoms with E-state index >= 15 is 0 Å². The highest BCUT2D eigenvalue weighted by Gasteiger charge is 2.24. The van der Waals surface area contributed by atoms with Crippen LogP contribution in [0.25, 0.3) is 0 Å². The first-order chi connectivity index (χ1) is 4.58. The van der Waals surface area contributed by atoms with Crippen LogP contribution in [0.15, 0.2) is 5.16 Å². The van der Waals surface area contributed by atoms with Crippen LogP contribution >= 0.6 is 7.60 Å². The molecule has 0 spiro atoms. The molecule has 0 aromatic carbocycles. The van der Waals surface area contributed by atoms with Crippen LogP contribution in [0.3, 0.4) is 0 Å². The van der Waals surface area contributed by atoms with Gasteiger partial charge in [-0.3, -0.25) is 4.57 Å². The number of hydrogen-bond acceptors (Lipinski definition) is 3. The summed E-state index contributed by atoms with van der Waals surface area (Å²) in [5.41, 5.74) is 0. The molecular formula is C4H8NO4P. The molecule has 10 heavy (non-hydrogen) atoms. The molecule has 1 aliphatic heterocycles. The van der Waals surface area contributed by atoms with E-state index in [1.807, 2.05) is 0 Å². The largest absolute Gasteiger partial charge is 0.392 e. The first kappa shape index (κ1) is 7.72. The van der Waals surface area contributed by atoms with Crippen molar-refractivity contribution in [2.45, 2.75) is 12.5 Å². The molecule has 0 saturated heterocycles. The molecule has 58 valence electrons. The highest BCUT2D eigenvalue weighted by atomic mass is 31.2. The standard InChI is InChI=1S/C4H8NO4P/c6-10(7,8)3-4-1-2-5-9-4/h2,4H,1,3H2,(H2,6,7,8). The minimum Gasteiger partial charge on any atom is -0.392 e. The Morgan fingerprint density at radius 3 is 2.90 bits per heavy atom. The number of rotatable bonds is 2. The molecule has 0 saturated carbocycles. The minimum atomic E-state index is -3.92. The smallest absolute Gasteiger partial charge is 0.329 e. The van der Waals surface area contributed by atoms with E-state index in [0.29, 0.717) is 6.42 Å². The van der Waals surface area contributed by atoms with E-state index in [1.165, 1.54) is 6.21 Å². The Balaban J connectivity index is 2.33. The van der Waals surface area contributed by atoms with Gasteiger partial charge in [-0.1, -0.05) is 5.16 Å². The lowest BCUT2D eigenvalue weighted by Gasteiger charge is -2.07. The molecule has 0 fully saturated rings. The van der Waals surface area contributed by atoms with Crippen LogP contribution in [-0.2, 0) is 9.40 Å². The van der Waals surface area contributed by atoms with Crippen LogP contribution in [0.5, 0.6) is 0 Å². The lowest BCUT2D eigenvalue weighted by molar-refractivity contribution is 0.0977. The van der Waals surface area contributed by atoms with Gasteiger partial charge in [-0.15, -0.1) is 0 Å². The first-order valence-corrected chi connectivity index (χ1v) is 4.60. The number of nitrogens with zero attached hydrogens (tertiary/aromatic N) is 1. The van der Waals surface area contributed by atoms with E-state index in [1.54, 1.807) is 0 Å². The SMILES string of the molecule is O=P(O)(O)CC1CC=NO1. The van der Waals surface area contributed by atoms with Gasteiger partial charge >= 0.3 is 7.60 Å². The lowest BCUT2D eigenvalue weighted by Crippen LogP contribution is -2.11. The summed E-state index contributed by atoms with van der Waals surface area (Å²) in [6, 6.07) is 0. The van der Waals surface area contributed by atoms with Gasteiger partial charge in [0.25, 0.3) is 0 Å². The van der Waals surface area contributed by atoms with E-state index in [-0.39, 0.29) is 6.16 Å². The van der Waals surface area contributed by atoms with E-state index in [4.69, 9.17) is 9.79 Å². The number of oxime groups is 1. The molecule has 1 rings (SSSR count). The predicted octanol–water partition coefficient (Wildman–Crippen LogP) is -0.0612. The van der Waals surface area contributed by atoms with Crippen molar-refractivity contribution in [3.8, 4) is 0 Å². The Labute approximate surface area is 57.8 Å². The Morgan fingerprint density at radius 2 is 2.50 bits per heavy atom. The van der Waals surface area contributed by atoms with Crippen molar-refractivity contribution in [2.24, 2.45) is 5.16 Å². The molecule has 0 radical (unpaired) electrons. The second-order valence-electron chi connectivity index (χ2n) is 2.10. The van der Waals surface area contributed by atoms with Crippen molar-refractivity contribution >= 4 is 13.8 Å². The zero-order chi connectivity index (χ0) is 7.61. The fourth-order valence-corrected chi connectivity index (χ4v) is 1.45. The topological polar surface area (TPSA) is 79.1 Å². The maximum atomic E-state index is 10.3. The minimum absolute atomic E-state index is 0.243. The Kier molecular flexibility index (Phi) is 2.08. The molecule has 5 nitrogen and oxygen atoms in total. The van der Waals surface area contributed by atoms with E-state index in [2.05, 4.69) is 9.99 Å². The normalized spacial score (nSPS) is 24.8. The lowest BCUT2D eigenvalue weighted by atomic mass is 10.3. The molecule has 0 amide bonds. The van der Waals surface area contributed by atoms with Crippen molar-refractivity contribution < 1.29 is 19.2 Å². The molecule has 0 aliphatic carbocycles. The van der Waals surface area contributed by atoms with Gasteiger partial charge in [0.15, 0.2) is 0 Å². The van der Waals surface area contributed by atoms with E-state index in [0.717, 1.165) is 0 Å². The summed E-state index contributed by atoms with van der Waals surface area (Å²) in [5, 5.41) is 3.38. The highest BCUT2D eigenvalue weighted by Crippen LogP contribution is 2.36. The summed E-state index contributed by atoms with van der Waals surface area (Å²) in [7, 11) is -3.92. The highest BCUT2D eigenvalue weighted by molar-refractivity contribution is 7.51. The molecule has 1 atom stereocenters. The summed E-state index contributed by atoms with van der Waals surface area (Å²) >= 11 is 0. The summed E-state index contributed by atoms with van der Waals surface area (Å²) < 4.78 is 10.3. The molecule has 1 aliphatic rings. The Hall–Kier alpha value is -0.380. The van der Waals surface area contributed by atoms with Gasteiger partial charge in [-0.2, -0.15) is 0 Å². The van der Waals surface area contributed by atoms with E-state index in [9.17, 15) is 4.57 Å². The second kappa shape index (κ2) is 2.70.